The van der Waals surface area contributed by atoms with Gasteiger partial charge in [-0.25, -0.2) is 0 Å². The van der Waals surface area contributed by atoms with E-state index in [0.717, 1.165) is 24.1 Å². The first-order valence-electron chi connectivity index (χ1n) is 9.30. The van der Waals surface area contributed by atoms with Crippen LogP contribution in [0.5, 0.6) is 0 Å². The fraction of sp³-hybridized carbons (Fsp3) is 0.364. The maximum atomic E-state index is 13.3. The van der Waals surface area contributed by atoms with Crippen molar-refractivity contribution in [2.75, 3.05) is 26.3 Å². The maximum Gasteiger partial charge on any atom is 0.197 e. The molecular formula is C22H24N2O3. The highest BCUT2D eigenvalue weighted by Gasteiger charge is 2.36. The number of rotatable bonds is 3. The summed E-state index contributed by atoms with van der Waals surface area (Å²) < 4.78 is 7.42. The molecule has 140 valence electrons. The zero-order chi connectivity index (χ0) is 19.2. The van der Waals surface area contributed by atoms with E-state index in [-0.39, 0.29) is 11.2 Å². The fourth-order valence-electron chi connectivity index (χ4n) is 4.00. The Hall–Kier alpha value is -2.50. The molecule has 0 bridgehead atoms. The fourth-order valence-corrected chi connectivity index (χ4v) is 4.00. The number of aromatic nitrogens is 1. The number of fused-ring (bicyclic) bond motifs is 2. The molecule has 0 spiro atoms. The van der Waals surface area contributed by atoms with E-state index < -0.39 is 5.54 Å². The highest BCUT2D eigenvalue weighted by molar-refractivity contribution is 6.06. The van der Waals surface area contributed by atoms with Crippen LogP contribution in [-0.2, 0) is 11.8 Å². The van der Waals surface area contributed by atoms with Crippen molar-refractivity contribution in [2.24, 2.45) is 7.05 Å². The number of para-hydroxylation sites is 1. The van der Waals surface area contributed by atoms with Gasteiger partial charge in [-0.15, -0.1) is 0 Å². The molecule has 4 rings (SSSR count). The second-order valence-electron chi connectivity index (χ2n) is 7.62. The minimum Gasteiger partial charge on any atom is -0.379 e. The highest BCUT2D eigenvalue weighted by Crippen LogP contribution is 2.25. The van der Waals surface area contributed by atoms with E-state index in [1.54, 1.807) is 6.07 Å². The molecule has 2 heterocycles. The van der Waals surface area contributed by atoms with Gasteiger partial charge in [0, 0.05) is 36.5 Å². The van der Waals surface area contributed by atoms with Crippen LogP contribution < -0.4 is 5.43 Å². The van der Waals surface area contributed by atoms with Crippen molar-refractivity contribution in [3.8, 4) is 0 Å². The predicted molar refractivity (Wildman–Crippen MR) is 107 cm³/mol. The number of morpholine rings is 1. The summed E-state index contributed by atoms with van der Waals surface area (Å²) in [6.07, 6.45) is 0. The average molecular weight is 364 g/mol. The summed E-state index contributed by atoms with van der Waals surface area (Å²) in [7, 11) is 1.95. The summed E-state index contributed by atoms with van der Waals surface area (Å²) in [6.45, 7) is 6.64. The Kier molecular flexibility index (Phi) is 4.36. The smallest absolute Gasteiger partial charge is 0.197 e. The van der Waals surface area contributed by atoms with Crippen LogP contribution in [0.3, 0.4) is 0 Å². The Balaban J connectivity index is 1.84. The SMILES string of the molecule is Cn1c2ccccc2c(=O)c2cc(C(=O)C(C)(C)N3CCOCC3)ccc21. The molecule has 3 aromatic rings. The van der Waals surface area contributed by atoms with E-state index in [1.807, 2.05) is 61.9 Å². The van der Waals surface area contributed by atoms with Crippen molar-refractivity contribution < 1.29 is 9.53 Å². The van der Waals surface area contributed by atoms with Gasteiger partial charge in [-0.1, -0.05) is 12.1 Å². The van der Waals surface area contributed by atoms with Gasteiger partial charge < -0.3 is 9.30 Å². The van der Waals surface area contributed by atoms with Gasteiger partial charge >= 0.3 is 0 Å². The summed E-state index contributed by atoms with van der Waals surface area (Å²) in [5.41, 5.74) is 1.63. The zero-order valence-electron chi connectivity index (χ0n) is 16.0. The van der Waals surface area contributed by atoms with Gasteiger partial charge in [0.1, 0.15) is 0 Å². The van der Waals surface area contributed by atoms with Crippen molar-refractivity contribution in [3.63, 3.8) is 0 Å². The number of nitrogens with zero attached hydrogens (tertiary/aromatic N) is 2. The van der Waals surface area contributed by atoms with Gasteiger partial charge in [-0.3, -0.25) is 14.5 Å². The molecule has 0 N–H and O–H groups in total. The van der Waals surface area contributed by atoms with Crippen LogP contribution in [0.25, 0.3) is 21.8 Å². The number of aryl methyl sites for hydroxylation is 1. The number of Topliss-reactive ketones (excluding diaryl/α,β-unsaturated/α-hetero) is 1. The number of ketones is 1. The second kappa shape index (κ2) is 6.59. The van der Waals surface area contributed by atoms with Gasteiger partial charge in [-0.2, -0.15) is 0 Å². The largest absolute Gasteiger partial charge is 0.379 e. The third kappa shape index (κ3) is 2.87. The lowest BCUT2D eigenvalue weighted by Gasteiger charge is -2.39. The monoisotopic (exact) mass is 364 g/mol. The normalized spacial score (nSPS) is 16.1. The van der Waals surface area contributed by atoms with E-state index >= 15 is 0 Å². The van der Waals surface area contributed by atoms with E-state index in [9.17, 15) is 9.59 Å². The zero-order valence-corrected chi connectivity index (χ0v) is 16.0. The van der Waals surface area contributed by atoms with E-state index in [0.29, 0.717) is 29.5 Å². The molecule has 0 unspecified atom stereocenters. The molecule has 1 aliphatic heterocycles. The molecule has 1 saturated heterocycles. The Bertz CT molecular complexity index is 1090. The first-order chi connectivity index (χ1) is 12.9. The van der Waals surface area contributed by atoms with Gasteiger partial charge in [0.15, 0.2) is 11.2 Å². The Labute approximate surface area is 158 Å². The molecule has 0 atom stereocenters. The molecule has 0 aliphatic carbocycles. The minimum absolute atomic E-state index is 0.0292. The first-order valence-corrected chi connectivity index (χ1v) is 9.30. The van der Waals surface area contributed by atoms with Crippen molar-refractivity contribution in [2.45, 2.75) is 19.4 Å². The lowest BCUT2D eigenvalue weighted by atomic mass is 9.90. The van der Waals surface area contributed by atoms with Crippen molar-refractivity contribution >= 4 is 27.6 Å². The summed E-state index contributed by atoms with van der Waals surface area (Å²) >= 11 is 0. The Morgan fingerprint density at radius 1 is 1.00 bits per heavy atom. The van der Waals surface area contributed by atoms with Crippen molar-refractivity contribution in [1.82, 2.24) is 9.47 Å². The Morgan fingerprint density at radius 3 is 2.41 bits per heavy atom. The number of carbonyl (C=O) groups excluding carboxylic acids is 1. The third-order valence-corrected chi connectivity index (χ3v) is 5.73. The van der Waals surface area contributed by atoms with Gasteiger partial charge in [0.05, 0.1) is 29.8 Å². The van der Waals surface area contributed by atoms with Crippen LogP contribution >= 0.6 is 0 Å². The molecular weight excluding hydrogens is 340 g/mol. The average Bonchev–Trinajstić information content (AvgIpc) is 2.71. The van der Waals surface area contributed by atoms with E-state index in [1.165, 1.54) is 0 Å². The molecule has 27 heavy (non-hydrogen) atoms. The molecule has 5 nitrogen and oxygen atoms in total. The van der Waals surface area contributed by atoms with Crippen LogP contribution in [0.4, 0.5) is 0 Å². The second-order valence-corrected chi connectivity index (χ2v) is 7.62. The lowest BCUT2D eigenvalue weighted by Crippen LogP contribution is -2.54. The Morgan fingerprint density at radius 2 is 1.67 bits per heavy atom. The van der Waals surface area contributed by atoms with E-state index in [4.69, 9.17) is 4.74 Å². The number of carbonyl (C=O) groups is 1. The number of benzene rings is 2. The molecule has 1 aliphatic rings. The first kappa shape index (κ1) is 17.9. The number of hydrogen-bond acceptors (Lipinski definition) is 4. The molecule has 0 radical (unpaired) electrons. The standard InChI is InChI=1S/C22H24N2O3/c1-22(2,24-10-12-27-13-11-24)21(26)15-8-9-19-17(14-15)20(25)16-6-4-5-7-18(16)23(19)3/h4-9,14H,10-13H2,1-3H3. The van der Waals surface area contributed by atoms with Crippen LogP contribution in [0.2, 0.25) is 0 Å². The quantitative estimate of drug-likeness (QED) is 0.530. The molecule has 5 heteroatoms. The van der Waals surface area contributed by atoms with Crippen molar-refractivity contribution in [1.29, 1.82) is 0 Å². The predicted octanol–water partition coefficient (Wildman–Crippen LogP) is 2.99. The number of hydrogen-bond donors (Lipinski definition) is 0. The van der Waals surface area contributed by atoms with E-state index in [2.05, 4.69) is 4.90 Å². The topological polar surface area (TPSA) is 51.5 Å². The number of ether oxygens (including phenoxy) is 1. The summed E-state index contributed by atoms with van der Waals surface area (Å²) in [5, 5.41) is 1.25. The molecule has 0 amide bonds. The summed E-state index contributed by atoms with van der Waals surface area (Å²) in [5.74, 6) is 0.0292. The van der Waals surface area contributed by atoms with Gasteiger partial charge in [0.2, 0.25) is 0 Å². The van der Waals surface area contributed by atoms with Gasteiger partial charge in [-0.05, 0) is 44.2 Å². The number of pyridine rings is 1. The molecule has 2 aromatic carbocycles. The van der Waals surface area contributed by atoms with Crippen molar-refractivity contribution in [3.05, 3.63) is 58.3 Å². The van der Waals surface area contributed by atoms with Crippen LogP contribution in [0, 0.1) is 0 Å². The lowest BCUT2D eigenvalue weighted by molar-refractivity contribution is -0.00429. The minimum atomic E-state index is -0.639. The molecule has 1 aromatic heterocycles. The van der Waals surface area contributed by atoms with Gasteiger partial charge in [0.25, 0.3) is 0 Å². The molecule has 1 fully saturated rings. The maximum absolute atomic E-state index is 13.3. The van der Waals surface area contributed by atoms with Crippen LogP contribution in [-0.4, -0.2) is 47.1 Å². The highest BCUT2D eigenvalue weighted by atomic mass is 16.5. The van der Waals surface area contributed by atoms with Crippen LogP contribution in [0.15, 0.2) is 47.3 Å². The summed E-state index contributed by atoms with van der Waals surface area (Å²) in [6, 6.07) is 13.0. The third-order valence-electron chi connectivity index (χ3n) is 5.73. The van der Waals surface area contributed by atoms with Crippen LogP contribution in [0.1, 0.15) is 24.2 Å². The summed E-state index contributed by atoms with van der Waals surface area (Å²) in [4.78, 5) is 28.4. The molecule has 0 saturated carbocycles.